The van der Waals surface area contributed by atoms with E-state index < -0.39 is 10.8 Å². The molecule has 2 aromatic heterocycles. The van der Waals surface area contributed by atoms with Crippen molar-refractivity contribution in [1.29, 1.82) is 0 Å². The first-order valence-electron chi connectivity index (χ1n) is 10.5. The number of amides is 2. The predicted molar refractivity (Wildman–Crippen MR) is 121 cm³/mol. The summed E-state index contributed by atoms with van der Waals surface area (Å²) in [6.45, 7) is 9.38. The van der Waals surface area contributed by atoms with Crippen molar-refractivity contribution >= 4 is 29.1 Å². The number of carbonyl (C=O) groups excluding carboxylic acids is 2. The van der Waals surface area contributed by atoms with Gasteiger partial charge >= 0.3 is 0 Å². The summed E-state index contributed by atoms with van der Waals surface area (Å²) in [5, 5.41) is 8.67. The summed E-state index contributed by atoms with van der Waals surface area (Å²) in [6, 6.07) is 7.74. The van der Waals surface area contributed by atoms with Gasteiger partial charge in [0, 0.05) is 30.6 Å². The van der Waals surface area contributed by atoms with E-state index in [9.17, 15) is 9.59 Å². The van der Waals surface area contributed by atoms with E-state index >= 15 is 0 Å². The van der Waals surface area contributed by atoms with Gasteiger partial charge in [-0.15, -0.1) is 10.2 Å². The molecule has 2 amide bonds. The van der Waals surface area contributed by atoms with Gasteiger partial charge in [-0.3, -0.25) is 19.4 Å². The number of benzene rings is 1. The Hall–Kier alpha value is -3.68. The topological polar surface area (TPSA) is 92.2 Å². The second-order valence-corrected chi connectivity index (χ2v) is 9.45. The molecule has 2 aliphatic heterocycles. The van der Waals surface area contributed by atoms with Gasteiger partial charge in [-0.05, 0) is 57.9 Å². The van der Waals surface area contributed by atoms with E-state index in [2.05, 4.69) is 20.2 Å². The summed E-state index contributed by atoms with van der Waals surface area (Å²) in [5.74, 6) is 1.50. The second kappa shape index (κ2) is 6.41. The normalized spacial score (nSPS) is 18.2. The second-order valence-electron chi connectivity index (χ2n) is 9.45. The molecule has 0 fully saturated rings. The lowest BCUT2D eigenvalue weighted by atomic mass is 9.85. The smallest absolute Gasteiger partial charge is 0.242 e. The third kappa shape index (κ3) is 2.62. The van der Waals surface area contributed by atoms with Crippen LogP contribution in [0.4, 0.5) is 17.3 Å². The van der Waals surface area contributed by atoms with Gasteiger partial charge in [0.15, 0.2) is 11.6 Å². The van der Waals surface area contributed by atoms with Crippen molar-refractivity contribution < 1.29 is 9.59 Å². The monoisotopic (exact) mass is 428 g/mol. The highest BCUT2D eigenvalue weighted by Crippen LogP contribution is 2.48. The third-order valence-electron chi connectivity index (χ3n) is 6.58. The van der Waals surface area contributed by atoms with Gasteiger partial charge in [-0.2, -0.15) is 0 Å². The van der Waals surface area contributed by atoms with Crippen molar-refractivity contribution in [2.75, 3.05) is 16.8 Å². The number of anilines is 3. The van der Waals surface area contributed by atoms with Crippen LogP contribution in [0, 0.1) is 6.92 Å². The van der Waals surface area contributed by atoms with E-state index in [4.69, 9.17) is 0 Å². The van der Waals surface area contributed by atoms with Crippen molar-refractivity contribution in [3.8, 4) is 11.1 Å². The third-order valence-corrected chi connectivity index (χ3v) is 6.58. The molecule has 2 aliphatic rings. The van der Waals surface area contributed by atoms with E-state index in [-0.39, 0.29) is 11.8 Å². The number of carbonyl (C=O) groups is 2. The van der Waals surface area contributed by atoms with Crippen LogP contribution in [-0.2, 0) is 20.4 Å². The summed E-state index contributed by atoms with van der Waals surface area (Å²) in [5.41, 5.74) is 2.73. The molecule has 0 spiro atoms. The molecule has 1 aromatic carbocycles. The number of aromatic nitrogens is 4. The maximum absolute atomic E-state index is 13.5. The Morgan fingerprint density at radius 3 is 2.16 bits per heavy atom. The van der Waals surface area contributed by atoms with Gasteiger partial charge in [0.2, 0.25) is 11.8 Å². The number of hydrogen-bond donors (Lipinski definition) is 0. The van der Waals surface area contributed by atoms with Crippen LogP contribution in [0.5, 0.6) is 0 Å². The van der Waals surface area contributed by atoms with Crippen molar-refractivity contribution in [2.45, 2.75) is 45.4 Å². The van der Waals surface area contributed by atoms with Crippen molar-refractivity contribution in [1.82, 2.24) is 20.2 Å². The first-order chi connectivity index (χ1) is 15.0. The van der Waals surface area contributed by atoms with Crippen LogP contribution < -0.4 is 9.80 Å². The number of fused-ring (bicyclic) bond motifs is 2. The fourth-order valence-electron chi connectivity index (χ4n) is 4.52. The first-order valence-corrected chi connectivity index (χ1v) is 10.5. The molecule has 0 aliphatic carbocycles. The Kier molecular flexibility index (Phi) is 4.06. The van der Waals surface area contributed by atoms with Crippen molar-refractivity contribution in [3.05, 3.63) is 53.6 Å². The largest absolute Gasteiger partial charge is 0.297 e. The van der Waals surface area contributed by atoms with Gasteiger partial charge in [0.1, 0.15) is 5.82 Å². The Morgan fingerprint density at radius 1 is 0.812 bits per heavy atom. The molecule has 0 bridgehead atoms. The average molecular weight is 428 g/mol. The number of likely N-dealkylation sites (N-methyl/N-ethyl adjacent to an activating group) is 1. The highest BCUT2D eigenvalue weighted by atomic mass is 16.2. The summed E-state index contributed by atoms with van der Waals surface area (Å²) in [7, 11) is 1.69. The standard InChI is InChI=1S/C24H24N6O2/c1-13-25-11-15(12-26-13)14-7-8-16-18(9-14)30(22(32)23(16,2)3)19-10-17-20(28-27-19)29(6)21(31)24(17,4)5/h7-12H,1-6H3. The van der Waals surface area contributed by atoms with E-state index in [1.807, 2.05) is 58.9 Å². The lowest BCUT2D eigenvalue weighted by molar-refractivity contribution is -0.122. The summed E-state index contributed by atoms with van der Waals surface area (Å²) >= 11 is 0. The fraction of sp³-hybridized carbons (Fsp3) is 0.333. The van der Waals surface area contributed by atoms with Crippen LogP contribution in [-0.4, -0.2) is 39.0 Å². The van der Waals surface area contributed by atoms with Gasteiger partial charge in [0.25, 0.3) is 0 Å². The molecule has 5 rings (SSSR count). The predicted octanol–water partition coefficient (Wildman–Crippen LogP) is 3.45. The van der Waals surface area contributed by atoms with Crippen LogP contribution >= 0.6 is 0 Å². The molecule has 0 atom stereocenters. The highest BCUT2D eigenvalue weighted by molar-refractivity contribution is 6.13. The van der Waals surface area contributed by atoms with Crippen LogP contribution in [0.1, 0.15) is 44.6 Å². The van der Waals surface area contributed by atoms with Crippen LogP contribution in [0.15, 0.2) is 36.7 Å². The highest BCUT2D eigenvalue weighted by Gasteiger charge is 2.48. The Labute approximate surface area is 186 Å². The first kappa shape index (κ1) is 20.2. The van der Waals surface area contributed by atoms with Gasteiger partial charge in [0.05, 0.1) is 16.5 Å². The maximum atomic E-state index is 13.5. The number of nitrogens with zero attached hydrogens (tertiary/aromatic N) is 6. The lowest BCUT2D eigenvalue weighted by Crippen LogP contribution is -2.34. The van der Waals surface area contributed by atoms with E-state index in [0.717, 1.165) is 27.9 Å². The zero-order chi connectivity index (χ0) is 23.0. The molecule has 0 saturated heterocycles. The minimum atomic E-state index is -0.739. The number of rotatable bonds is 2. The molecule has 8 nitrogen and oxygen atoms in total. The van der Waals surface area contributed by atoms with Gasteiger partial charge in [-0.25, -0.2) is 9.97 Å². The molecular weight excluding hydrogens is 404 g/mol. The number of hydrogen-bond acceptors (Lipinski definition) is 6. The van der Waals surface area contributed by atoms with Crippen LogP contribution in [0.2, 0.25) is 0 Å². The lowest BCUT2D eigenvalue weighted by Gasteiger charge is -2.21. The quantitative estimate of drug-likeness (QED) is 0.621. The molecule has 32 heavy (non-hydrogen) atoms. The van der Waals surface area contributed by atoms with Crippen molar-refractivity contribution in [2.24, 2.45) is 0 Å². The molecule has 162 valence electrons. The van der Waals surface area contributed by atoms with E-state index in [1.165, 1.54) is 4.90 Å². The van der Waals surface area contributed by atoms with Gasteiger partial charge in [-0.1, -0.05) is 12.1 Å². The molecule has 3 aromatic rings. The fourth-order valence-corrected chi connectivity index (χ4v) is 4.52. The number of aryl methyl sites for hydroxylation is 1. The van der Waals surface area contributed by atoms with Crippen LogP contribution in [0.25, 0.3) is 11.1 Å². The average Bonchev–Trinajstić information content (AvgIpc) is 3.07. The van der Waals surface area contributed by atoms with E-state index in [0.29, 0.717) is 17.5 Å². The zero-order valence-corrected chi connectivity index (χ0v) is 19.0. The molecule has 0 unspecified atom stereocenters. The van der Waals surface area contributed by atoms with E-state index in [1.54, 1.807) is 24.3 Å². The molecule has 0 radical (unpaired) electrons. The summed E-state index contributed by atoms with van der Waals surface area (Å²) < 4.78 is 0. The SMILES string of the molecule is Cc1ncc(-c2ccc3c(c2)N(c2cc4c(nn2)N(C)C(=O)C4(C)C)C(=O)C3(C)C)cn1. The molecule has 0 saturated carbocycles. The minimum Gasteiger partial charge on any atom is -0.297 e. The molecule has 4 heterocycles. The Morgan fingerprint density at radius 2 is 1.47 bits per heavy atom. The minimum absolute atomic E-state index is 0.0471. The zero-order valence-electron chi connectivity index (χ0n) is 19.0. The maximum Gasteiger partial charge on any atom is 0.242 e. The summed E-state index contributed by atoms with van der Waals surface area (Å²) in [6.07, 6.45) is 3.55. The van der Waals surface area contributed by atoms with Crippen molar-refractivity contribution in [3.63, 3.8) is 0 Å². The van der Waals surface area contributed by atoms with Gasteiger partial charge < -0.3 is 0 Å². The Balaban J connectivity index is 1.67. The molecule has 8 heteroatoms. The molecular formula is C24H24N6O2. The van der Waals surface area contributed by atoms with Crippen LogP contribution in [0.3, 0.4) is 0 Å². The summed E-state index contributed by atoms with van der Waals surface area (Å²) in [4.78, 5) is 37.9. The molecule has 0 N–H and O–H groups in total. The Bertz CT molecular complexity index is 1300.